The van der Waals surface area contributed by atoms with Gasteiger partial charge in [0.25, 0.3) is 0 Å². The molecule has 0 bridgehead atoms. The number of ether oxygens (including phenoxy) is 3. The van der Waals surface area contributed by atoms with E-state index in [2.05, 4.69) is 14.8 Å². The second-order valence-electron chi connectivity index (χ2n) is 6.47. The van der Waals surface area contributed by atoms with Crippen LogP contribution in [0.2, 0.25) is 0 Å². The molecule has 0 aliphatic carbocycles. The number of methoxy groups -OCH3 is 3. The number of amides is 1. The number of esters is 2. The minimum absolute atomic E-state index is 0.0103. The van der Waals surface area contributed by atoms with Crippen molar-refractivity contribution < 1.29 is 33.0 Å². The molecule has 0 radical (unpaired) electrons. The number of nitrogens with zero attached hydrogens (tertiary/aromatic N) is 1. The Labute approximate surface area is 173 Å². The third-order valence-corrected chi connectivity index (χ3v) is 4.14. The van der Waals surface area contributed by atoms with Crippen molar-refractivity contribution in [1.82, 2.24) is 4.90 Å². The van der Waals surface area contributed by atoms with E-state index in [-0.39, 0.29) is 35.0 Å². The summed E-state index contributed by atoms with van der Waals surface area (Å²) in [6.45, 7) is 0.313. The summed E-state index contributed by atoms with van der Waals surface area (Å²) in [7, 11) is 5.51. The summed E-state index contributed by atoms with van der Waals surface area (Å²) in [4.78, 5) is 37.8. The first kappa shape index (κ1) is 22.8. The van der Waals surface area contributed by atoms with Gasteiger partial charge in [-0.1, -0.05) is 6.07 Å². The Hall–Kier alpha value is -3.46. The van der Waals surface area contributed by atoms with Gasteiger partial charge < -0.3 is 19.5 Å². The number of anilines is 1. The first-order chi connectivity index (χ1) is 14.3. The van der Waals surface area contributed by atoms with Crippen molar-refractivity contribution in [3.05, 3.63) is 58.9 Å². The van der Waals surface area contributed by atoms with E-state index >= 15 is 0 Å². The summed E-state index contributed by atoms with van der Waals surface area (Å²) in [5, 5.41) is 2.64. The Morgan fingerprint density at radius 3 is 2.07 bits per heavy atom. The van der Waals surface area contributed by atoms with Crippen LogP contribution < -0.4 is 10.1 Å². The number of rotatable bonds is 8. The van der Waals surface area contributed by atoms with Crippen molar-refractivity contribution in [2.45, 2.75) is 6.54 Å². The van der Waals surface area contributed by atoms with Gasteiger partial charge in [-0.25, -0.2) is 14.0 Å². The molecule has 2 aromatic rings. The molecule has 9 heteroatoms. The maximum atomic E-state index is 13.8. The van der Waals surface area contributed by atoms with Gasteiger partial charge in [0.2, 0.25) is 5.91 Å². The van der Waals surface area contributed by atoms with Gasteiger partial charge in [-0.2, -0.15) is 0 Å². The average molecular weight is 418 g/mol. The molecule has 30 heavy (non-hydrogen) atoms. The second kappa shape index (κ2) is 10.4. The third-order valence-electron chi connectivity index (χ3n) is 4.14. The summed E-state index contributed by atoms with van der Waals surface area (Å²) in [6.07, 6.45) is 0. The fourth-order valence-corrected chi connectivity index (χ4v) is 2.79. The molecule has 0 aromatic heterocycles. The molecule has 2 aromatic carbocycles. The molecule has 0 fully saturated rings. The standard InChI is InChI=1S/C21H23FN2O6/c1-24(11-13-5-6-18(28-2)17(22)7-13)12-19(25)23-16-9-14(20(26)29-3)8-15(10-16)21(27)30-4/h5-10H,11-12H2,1-4H3,(H,23,25). The average Bonchev–Trinajstić information content (AvgIpc) is 2.72. The van der Waals surface area contributed by atoms with E-state index in [1.54, 1.807) is 18.0 Å². The van der Waals surface area contributed by atoms with E-state index in [0.717, 1.165) is 0 Å². The Morgan fingerprint density at radius 1 is 0.967 bits per heavy atom. The Balaban J connectivity index is 2.08. The van der Waals surface area contributed by atoms with Gasteiger partial charge in [0.15, 0.2) is 11.6 Å². The number of carbonyl (C=O) groups excluding carboxylic acids is 3. The fraction of sp³-hybridized carbons (Fsp3) is 0.286. The van der Waals surface area contributed by atoms with Crippen LogP contribution in [0.3, 0.4) is 0 Å². The lowest BCUT2D eigenvalue weighted by atomic mass is 10.1. The molecule has 1 N–H and O–H groups in total. The van der Waals surface area contributed by atoms with Crippen LogP contribution in [0, 0.1) is 5.82 Å². The van der Waals surface area contributed by atoms with Gasteiger partial charge in [-0.15, -0.1) is 0 Å². The minimum atomic E-state index is -0.657. The highest BCUT2D eigenvalue weighted by Crippen LogP contribution is 2.19. The van der Waals surface area contributed by atoms with Crippen LogP contribution in [0.1, 0.15) is 26.3 Å². The first-order valence-electron chi connectivity index (χ1n) is 8.90. The molecule has 2 rings (SSSR count). The number of benzene rings is 2. The molecule has 0 aliphatic heterocycles. The highest BCUT2D eigenvalue weighted by atomic mass is 19.1. The zero-order valence-corrected chi connectivity index (χ0v) is 17.2. The van der Waals surface area contributed by atoms with Crippen molar-refractivity contribution in [1.29, 1.82) is 0 Å². The summed E-state index contributed by atoms with van der Waals surface area (Å²) in [5.74, 6) is -2.04. The monoisotopic (exact) mass is 418 g/mol. The molecule has 1 amide bonds. The van der Waals surface area contributed by atoms with Crippen LogP contribution in [0.5, 0.6) is 5.75 Å². The van der Waals surface area contributed by atoms with Gasteiger partial charge in [-0.3, -0.25) is 9.69 Å². The lowest BCUT2D eigenvalue weighted by molar-refractivity contribution is -0.117. The molecule has 160 valence electrons. The van der Waals surface area contributed by atoms with Crippen LogP contribution in [-0.2, 0) is 20.8 Å². The smallest absolute Gasteiger partial charge is 0.337 e. The van der Waals surface area contributed by atoms with Gasteiger partial charge in [0.05, 0.1) is 39.0 Å². The Bertz CT molecular complexity index is 913. The van der Waals surface area contributed by atoms with E-state index in [9.17, 15) is 18.8 Å². The van der Waals surface area contributed by atoms with Crippen molar-refractivity contribution in [2.75, 3.05) is 40.2 Å². The SMILES string of the molecule is COC(=O)c1cc(NC(=O)CN(C)Cc2ccc(OC)c(F)c2)cc(C(=O)OC)c1. The predicted octanol–water partition coefficient (Wildman–Crippen LogP) is 2.48. The van der Waals surface area contributed by atoms with Crippen LogP contribution in [0.4, 0.5) is 10.1 Å². The fourth-order valence-electron chi connectivity index (χ4n) is 2.79. The maximum Gasteiger partial charge on any atom is 0.337 e. The minimum Gasteiger partial charge on any atom is -0.494 e. The Kier molecular flexibility index (Phi) is 7.88. The van der Waals surface area contributed by atoms with E-state index in [0.29, 0.717) is 12.1 Å². The largest absolute Gasteiger partial charge is 0.494 e. The molecule has 0 saturated carbocycles. The number of halogens is 1. The summed E-state index contributed by atoms with van der Waals surface area (Å²) in [6, 6.07) is 8.68. The maximum absolute atomic E-state index is 13.8. The number of hydrogen-bond acceptors (Lipinski definition) is 7. The molecule has 0 atom stereocenters. The summed E-state index contributed by atoms with van der Waals surface area (Å²) >= 11 is 0. The Morgan fingerprint density at radius 2 is 1.57 bits per heavy atom. The highest BCUT2D eigenvalue weighted by molar-refractivity contribution is 5.99. The topological polar surface area (TPSA) is 94.2 Å². The van der Waals surface area contributed by atoms with Crippen LogP contribution in [-0.4, -0.2) is 57.7 Å². The van der Waals surface area contributed by atoms with E-state index in [4.69, 9.17) is 4.74 Å². The first-order valence-corrected chi connectivity index (χ1v) is 8.90. The summed E-state index contributed by atoms with van der Waals surface area (Å²) < 4.78 is 28.0. The highest BCUT2D eigenvalue weighted by Gasteiger charge is 2.16. The molecule has 0 saturated heterocycles. The molecular formula is C21H23FN2O6. The molecule has 0 heterocycles. The van der Waals surface area contributed by atoms with E-state index in [1.165, 1.54) is 51.7 Å². The predicted molar refractivity (Wildman–Crippen MR) is 107 cm³/mol. The lowest BCUT2D eigenvalue weighted by Gasteiger charge is -2.17. The number of likely N-dealkylation sites (N-methyl/N-ethyl adjacent to an activating group) is 1. The zero-order chi connectivity index (χ0) is 22.3. The van der Waals surface area contributed by atoms with Crippen molar-refractivity contribution in [3.63, 3.8) is 0 Å². The van der Waals surface area contributed by atoms with Gasteiger partial charge in [0, 0.05) is 12.2 Å². The summed E-state index contributed by atoms with van der Waals surface area (Å²) in [5.41, 5.74) is 1.10. The number of nitrogens with one attached hydrogen (secondary N) is 1. The number of carbonyl (C=O) groups is 3. The van der Waals surface area contributed by atoms with Crippen molar-refractivity contribution >= 4 is 23.5 Å². The molecule has 0 aliphatic rings. The van der Waals surface area contributed by atoms with Gasteiger partial charge in [-0.05, 0) is 42.9 Å². The third kappa shape index (κ3) is 6.02. The molecular weight excluding hydrogens is 395 g/mol. The second-order valence-corrected chi connectivity index (χ2v) is 6.47. The van der Waals surface area contributed by atoms with E-state index in [1.807, 2.05) is 0 Å². The lowest BCUT2D eigenvalue weighted by Crippen LogP contribution is -2.30. The van der Waals surface area contributed by atoms with Crippen LogP contribution in [0.25, 0.3) is 0 Å². The normalized spacial score (nSPS) is 10.5. The molecule has 0 unspecified atom stereocenters. The number of hydrogen-bond donors (Lipinski definition) is 1. The van der Waals surface area contributed by atoms with E-state index < -0.39 is 17.8 Å². The van der Waals surface area contributed by atoms with Gasteiger partial charge >= 0.3 is 11.9 Å². The molecule has 0 spiro atoms. The zero-order valence-electron chi connectivity index (χ0n) is 17.2. The van der Waals surface area contributed by atoms with Crippen molar-refractivity contribution in [3.8, 4) is 5.75 Å². The van der Waals surface area contributed by atoms with Crippen LogP contribution >= 0.6 is 0 Å². The van der Waals surface area contributed by atoms with Crippen LogP contribution in [0.15, 0.2) is 36.4 Å². The quantitative estimate of drug-likeness (QED) is 0.658. The van der Waals surface area contributed by atoms with Crippen molar-refractivity contribution in [2.24, 2.45) is 0 Å². The molecule has 8 nitrogen and oxygen atoms in total. The van der Waals surface area contributed by atoms with Gasteiger partial charge in [0.1, 0.15) is 0 Å².